The van der Waals surface area contributed by atoms with Crippen molar-refractivity contribution in [3.05, 3.63) is 78.4 Å². The number of anilines is 3. The molecule has 0 unspecified atom stereocenters. The largest absolute Gasteiger partial charge is 0.439 e. The van der Waals surface area contributed by atoms with Gasteiger partial charge in [0.05, 0.1) is 23.1 Å². The third kappa shape index (κ3) is 6.28. The summed E-state index contributed by atoms with van der Waals surface area (Å²) >= 11 is 0. The monoisotopic (exact) mass is 540 g/mol. The van der Waals surface area contributed by atoms with E-state index in [-0.39, 0.29) is 23.0 Å². The first kappa shape index (κ1) is 26.0. The molecule has 2 amide bonds. The number of urea groups is 1. The molecule has 1 aliphatic heterocycles. The normalized spacial score (nSPS) is 13.4. The molecule has 8 nitrogen and oxygen atoms in total. The molecular formula is C27H24F4N6O2. The predicted octanol–water partition coefficient (Wildman–Crippen LogP) is 6.68. The van der Waals surface area contributed by atoms with E-state index < -0.39 is 23.6 Å². The SMILES string of the molecule is Cn1cc(-c2cccc(Oc3ccc(F)c(NC(=O)Nc4cc(N5CCCC5)cc(C(F)(F)F)c4)c3)n2)cn1. The first-order chi connectivity index (χ1) is 18.6. The minimum atomic E-state index is -4.59. The number of aryl methyl sites for hydroxylation is 1. The van der Waals surface area contributed by atoms with Crippen molar-refractivity contribution in [1.29, 1.82) is 0 Å². The fraction of sp³-hybridized carbons (Fsp3) is 0.222. The zero-order valence-electron chi connectivity index (χ0n) is 20.8. The lowest BCUT2D eigenvalue weighted by Crippen LogP contribution is -2.22. The average molecular weight is 541 g/mol. The van der Waals surface area contributed by atoms with E-state index in [1.165, 1.54) is 18.2 Å². The molecule has 3 heterocycles. The van der Waals surface area contributed by atoms with Crippen molar-refractivity contribution in [2.45, 2.75) is 19.0 Å². The summed E-state index contributed by atoms with van der Waals surface area (Å²) in [4.78, 5) is 18.9. The quantitative estimate of drug-likeness (QED) is 0.267. The van der Waals surface area contributed by atoms with E-state index in [2.05, 4.69) is 20.7 Å². The van der Waals surface area contributed by atoms with Crippen LogP contribution in [0.15, 0.2) is 67.0 Å². The Kier molecular flexibility index (Phi) is 7.09. The summed E-state index contributed by atoms with van der Waals surface area (Å²) in [6.45, 7) is 1.26. The number of hydrogen-bond acceptors (Lipinski definition) is 5. The first-order valence-electron chi connectivity index (χ1n) is 12.1. The molecule has 0 aliphatic carbocycles. The summed E-state index contributed by atoms with van der Waals surface area (Å²) in [7, 11) is 1.78. The minimum Gasteiger partial charge on any atom is -0.439 e. The molecule has 1 saturated heterocycles. The highest BCUT2D eigenvalue weighted by molar-refractivity contribution is 6.00. The van der Waals surface area contributed by atoms with E-state index in [0.29, 0.717) is 24.5 Å². The fourth-order valence-corrected chi connectivity index (χ4v) is 4.26. The topological polar surface area (TPSA) is 84.3 Å². The standard InChI is InChI=1S/C27H24F4N6O2/c1-36-16-17(15-32-36)23-5-4-6-25(34-23)39-21-7-8-22(28)24(14-21)35-26(38)33-19-11-18(27(29,30)31)12-20(13-19)37-9-2-3-10-37/h4-8,11-16H,2-3,9-10H2,1H3,(H2,33,35,38). The highest BCUT2D eigenvalue weighted by Crippen LogP contribution is 2.35. The number of nitrogens with one attached hydrogen (secondary N) is 2. The minimum absolute atomic E-state index is 0.0616. The van der Waals surface area contributed by atoms with Crippen LogP contribution in [0, 0.1) is 5.82 Å². The van der Waals surface area contributed by atoms with Crippen molar-refractivity contribution in [3.63, 3.8) is 0 Å². The third-order valence-corrected chi connectivity index (χ3v) is 6.11. The number of alkyl halides is 3. The number of ether oxygens (including phenoxy) is 1. The van der Waals surface area contributed by atoms with Crippen molar-refractivity contribution in [1.82, 2.24) is 14.8 Å². The molecule has 0 bridgehead atoms. The van der Waals surface area contributed by atoms with Crippen LogP contribution >= 0.6 is 0 Å². The molecule has 0 radical (unpaired) electrons. The van der Waals surface area contributed by atoms with Gasteiger partial charge in [-0.15, -0.1) is 0 Å². The van der Waals surface area contributed by atoms with Crippen LogP contribution in [0.3, 0.4) is 0 Å². The Bertz CT molecular complexity index is 1500. The van der Waals surface area contributed by atoms with E-state index in [0.717, 1.165) is 36.6 Å². The van der Waals surface area contributed by atoms with E-state index in [9.17, 15) is 22.4 Å². The van der Waals surface area contributed by atoms with Gasteiger partial charge in [-0.3, -0.25) is 4.68 Å². The number of benzene rings is 2. The Morgan fingerprint density at radius 2 is 1.82 bits per heavy atom. The lowest BCUT2D eigenvalue weighted by atomic mass is 10.1. The van der Waals surface area contributed by atoms with Crippen molar-refractivity contribution >= 4 is 23.1 Å². The Morgan fingerprint density at radius 3 is 2.54 bits per heavy atom. The average Bonchev–Trinajstić information content (AvgIpc) is 3.58. The molecule has 2 aromatic heterocycles. The lowest BCUT2D eigenvalue weighted by molar-refractivity contribution is -0.137. The molecule has 0 atom stereocenters. The number of pyridine rings is 1. The molecule has 1 fully saturated rings. The van der Waals surface area contributed by atoms with Gasteiger partial charge in [0.25, 0.3) is 0 Å². The Morgan fingerprint density at radius 1 is 1.03 bits per heavy atom. The maximum absolute atomic E-state index is 14.5. The van der Waals surface area contributed by atoms with Crippen molar-refractivity contribution < 1.29 is 27.1 Å². The molecule has 2 aromatic carbocycles. The zero-order chi connectivity index (χ0) is 27.6. The van der Waals surface area contributed by atoms with Gasteiger partial charge in [-0.1, -0.05) is 6.07 Å². The number of amides is 2. The van der Waals surface area contributed by atoms with Gasteiger partial charge in [-0.25, -0.2) is 14.2 Å². The molecule has 12 heteroatoms. The second-order valence-electron chi connectivity index (χ2n) is 9.05. The zero-order valence-corrected chi connectivity index (χ0v) is 20.8. The summed E-state index contributed by atoms with van der Waals surface area (Å²) in [5, 5.41) is 8.84. The molecule has 0 saturated carbocycles. The van der Waals surface area contributed by atoms with Crippen LogP contribution in [0.25, 0.3) is 11.3 Å². The molecule has 2 N–H and O–H groups in total. The molecule has 202 valence electrons. The highest BCUT2D eigenvalue weighted by atomic mass is 19.4. The summed E-state index contributed by atoms with van der Waals surface area (Å²) in [6, 6.07) is 11.3. The van der Waals surface area contributed by atoms with E-state index >= 15 is 0 Å². The predicted molar refractivity (Wildman–Crippen MR) is 138 cm³/mol. The number of rotatable bonds is 6. The van der Waals surface area contributed by atoms with Crippen LogP contribution in [0.2, 0.25) is 0 Å². The van der Waals surface area contributed by atoms with Crippen LogP contribution in [0.5, 0.6) is 11.6 Å². The van der Waals surface area contributed by atoms with Crippen LogP contribution in [-0.4, -0.2) is 33.9 Å². The number of hydrogen-bond donors (Lipinski definition) is 2. The van der Waals surface area contributed by atoms with Crippen LogP contribution in [-0.2, 0) is 13.2 Å². The molecule has 5 rings (SSSR count). The maximum atomic E-state index is 14.5. The Balaban J connectivity index is 1.31. The Hall–Kier alpha value is -4.61. The van der Waals surface area contributed by atoms with Crippen molar-refractivity contribution in [3.8, 4) is 22.9 Å². The van der Waals surface area contributed by atoms with E-state index in [4.69, 9.17) is 4.74 Å². The number of carbonyl (C=O) groups is 1. The van der Waals surface area contributed by atoms with Gasteiger partial charge in [0, 0.05) is 55.4 Å². The maximum Gasteiger partial charge on any atom is 0.416 e. The summed E-state index contributed by atoms with van der Waals surface area (Å²) in [5.74, 6) is -0.328. The summed E-state index contributed by atoms with van der Waals surface area (Å²) in [5.41, 5.74) is 0.594. The van der Waals surface area contributed by atoms with Gasteiger partial charge in [0.1, 0.15) is 11.6 Å². The molecule has 1 aliphatic rings. The second kappa shape index (κ2) is 10.6. The molecule has 0 spiro atoms. The lowest BCUT2D eigenvalue weighted by Gasteiger charge is -2.21. The van der Waals surface area contributed by atoms with Gasteiger partial charge < -0.3 is 20.3 Å². The van der Waals surface area contributed by atoms with Gasteiger partial charge in [0.2, 0.25) is 5.88 Å². The van der Waals surface area contributed by atoms with Crippen LogP contribution < -0.4 is 20.3 Å². The molecular weight excluding hydrogens is 516 g/mol. The third-order valence-electron chi connectivity index (χ3n) is 6.11. The number of nitrogens with zero attached hydrogens (tertiary/aromatic N) is 4. The molecule has 39 heavy (non-hydrogen) atoms. The van der Waals surface area contributed by atoms with Gasteiger partial charge in [0.15, 0.2) is 0 Å². The van der Waals surface area contributed by atoms with Crippen molar-refractivity contribution in [2.24, 2.45) is 7.05 Å². The van der Waals surface area contributed by atoms with Gasteiger partial charge >= 0.3 is 12.2 Å². The molecule has 4 aromatic rings. The second-order valence-corrected chi connectivity index (χ2v) is 9.05. The summed E-state index contributed by atoms with van der Waals surface area (Å²) in [6.07, 6.45) is 0.607. The van der Waals surface area contributed by atoms with Gasteiger partial charge in [-0.2, -0.15) is 18.3 Å². The smallest absolute Gasteiger partial charge is 0.416 e. The van der Waals surface area contributed by atoms with E-state index in [1.54, 1.807) is 42.3 Å². The van der Waals surface area contributed by atoms with Crippen LogP contribution in [0.4, 0.5) is 39.4 Å². The number of carbonyl (C=O) groups excluding carboxylic acids is 1. The van der Waals surface area contributed by atoms with Gasteiger partial charge in [-0.05, 0) is 49.2 Å². The highest BCUT2D eigenvalue weighted by Gasteiger charge is 2.32. The summed E-state index contributed by atoms with van der Waals surface area (Å²) < 4.78 is 62.4. The van der Waals surface area contributed by atoms with Crippen LogP contribution in [0.1, 0.15) is 18.4 Å². The first-order valence-corrected chi connectivity index (χ1v) is 12.1. The fourth-order valence-electron chi connectivity index (χ4n) is 4.26. The number of halogens is 4. The number of aromatic nitrogens is 3. The van der Waals surface area contributed by atoms with Crippen molar-refractivity contribution in [2.75, 3.05) is 28.6 Å². The Labute approximate surface area is 221 Å². The van der Waals surface area contributed by atoms with E-state index in [1.807, 2.05) is 4.90 Å².